The van der Waals surface area contributed by atoms with E-state index in [0.717, 1.165) is 5.56 Å². The van der Waals surface area contributed by atoms with Gasteiger partial charge in [-0.25, -0.2) is 4.79 Å². The van der Waals surface area contributed by atoms with Gasteiger partial charge in [0.1, 0.15) is 18.1 Å². The second-order valence-corrected chi connectivity index (χ2v) is 4.67. The van der Waals surface area contributed by atoms with E-state index in [1.165, 1.54) is 0 Å². The minimum atomic E-state index is -0.404. The minimum absolute atomic E-state index is 0.404. The van der Waals surface area contributed by atoms with Gasteiger partial charge in [0.15, 0.2) is 0 Å². The Labute approximate surface area is 129 Å². The molecule has 0 aliphatic rings. The number of hydrogen-bond donors (Lipinski definition) is 2. The van der Waals surface area contributed by atoms with Crippen LogP contribution >= 0.6 is 12.6 Å². The Morgan fingerprint density at radius 3 is 2.19 bits per heavy atom. The second-order valence-electron chi connectivity index (χ2n) is 4.35. The Kier molecular flexibility index (Phi) is 5.66. The first-order chi connectivity index (χ1) is 10.2. The van der Waals surface area contributed by atoms with E-state index in [1.807, 2.05) is 12.1 Å². The van der Waals surface area contributed by atoms with E-state index in [4.69, 9.17) is 15.2 Å². The lowest BCUT2D eigenvalue weighted by Crippen LogP contribution is -2.11. The lowest BCUT2D eigenvalue weighted by Gasteiger charge is -2.07. The van der Waals surface area contributed by atoms with Crippen molar-refractivity contribution in [1.82, 2.24) is 0 Å². The Bertz CT molecular complexity index is 581. The smallest absolute Gasteiger partial charge is 0.343 e. The van der Waals surface area contributed by atoms with E-state index in [-0.39, 0.29) is 0 Å². The molecule has 0 heterocycles. The molecule has 2 N–H and O–H groups in total. The van der Waals surface area contributed by atoms with Crippen molar-refractivity contribution < 1.29 is 14.3 Å². The monoisotopic (exact) mass is 303 g/mol. The fourth-order valence-corrected chi connectivity index (χ4v) is 1.90. The third-order valence-corrected chi connectivity index (χ3v) is 3.16. The van der Waals surface area contributed by atoms with Crippen molar-refractivity contribution in [2.24, 2.45) is 5.73 Å². The first kappa shape index (κ1) is 15.4. The van der Waals surface area contributed by atoms with Crippen LogP contribution in [0.25, 0.3) is 0 Å². The van der Waals surface area contributed by atoms with E-state index >= 15 is 0 Å². The number of ether oxygens (including phenoxy) is 2. The van der Waals surface area contributed by atoms with Crippen LogP contribution in [0, 0.1) is 0 Å². The van der Waals surface area contributed by atoms with Crippen molar-refractivity contribution in [1.29, 1.82) is 0 Å². The molecule has 4 nitrogen and oxygen atoms in total. The summed E-state index contributed by atoms with van der Waals surface area (Å²) in [7, 11) is 0. The zero-order valence-electron chi connectivity index (χ0n) is 11.5. The van der Waals surface area contributed by atoms with Crippen molar-refractivity contribution in [3.63, 3.8) is 0 Å². The lowest BCUT2D eigenvalue weighted by molar-refractivity contribution is 0.0734. The Morgan fingerprint density at radius 2 is 1.62 bits per heavy atom. The Morgan fingerprint density at radius 1 is 1.00 bits per heavy atom. The molecular weight excluding hydrogens is 286 g/mol. The molecule has 0 saturated carbocycles. The fourth-order valence-electron chi connectivity index (χ4n) is 1.69. The van der Waals surface area contributed by atoms with Gasteiger partial charge in [0.2, 0.25) is 0 Å². The molecular formula is C16H17NO3S. The minimum Gasteiger partial charge on any atom is -0.492 e. The van der Waals surface area contributed by atoms with Crippen molar-refractivity contribution >= 4 is 18.6 Å². The molecule has 0 atom stereocenters. The molecule has 0 aliphatic heterocycles. The predicted octanol–water partition coefficient (Wildman–Crippen LogP) is 2.67. The summed E-state index contributed by atoms with van der Waals surface area (Å²) < 4.78 is 10.6. The van der Waals surface area contributed by atoms with E-state index in [2.05, 4.69) is 12.6 Å². The molecule has 5 heteroatoms. The maximum Gasteiger partial charge on any atom is 0.343 e. The molecule has 0 saturated heterocycles. The average molecular weight is 303 g/mol. The molecule has 0 fully saturated rings. The maximum absolute atomic E-state index is 12.0. The van der Waals surface area contributed by atoms with Crippen LogP contribution in [0.15, 0.2) is 48.5 Å². The summed E-state index contributed by atoms with van der Waals surface area (Å²) in [5.74, 6) is 1.43. The first-order valence-corrected chi connectivity index (χ1v) is 7.21. The highest BCUT2D eigenvalue weighted by atomic mass is 32.1. The molecule has 0 aliphatic carbocycles. The van der Waals surface area contributed by atoms with Crippen LogP contribution in [0.1, 0.15) is 15.9 Å². The zero-order chi connectivity index (χ0) is 15.1. The third kappa shape index (κ3) is 4.51. The van der Waals surface area contributed by atoms with Crippen LogP contribution in [0.2, 0.25) is 0 Å². The molecule has 21 heavy (non-hydrogen) atoms. The molecule has 110 valence electrons. The summed E-state index contributed by atoms with van der Waals surface area (Å²) in [4.78, 5) is 12.0. The van der Waals surface area contributed by atoms with E-state index in [1.54, 1.807) is 36.4 Å². The highest BCUT2D eigenvalue weighted by Gasteiger charge is 2.08. The standard InChI is InChI=1S/C16H17NO3S/c17-9-10-19-14-7-3-13(4-8-14)16(18)20-15-5-1-12(11-21)2-6-15/h1-8,21H,9-11,17H2. The number of carbonyl (C=O) groups excluding carboxylic acids is 1. The number of thiol groups is 1. The molecule has 0 aromatic heterocycles. The Hall–Kier alpha value is -1.98. The van der Waals surface area contributed by atoms with Gasteiger partial charge in [-0.2, -0.15) is 12.6 Å². The fraction of sp³-hybridized carbons (Fsp3) is 0.188. The van der Waals surface area contributed by atoms with E-state index in [9.17, 15) is 4.79 Å². The summed E-state index contributed by atoms with van der Waals surface area (Å²) in [6.07, 6.45) is 0. The van der Waals surface area contributed by atoms with E-state index < -0.39 is 5.97 Å². The van der Waals surface area contributed by atoms with Gasteiger partial charge in [-0.15, -0.1) is 0 Å². The van der Waals surface area contributed by atoms with Gasteiger partial charge in [0.25, 0.3) is 0 Å². The second kappa shape index (κ2) is 7.71. The van der Waals surface area contributed by atoms with Crippen molar-refractivity contribution in [2.75, 3.05) is 13.2 Å². The molecule has 2 aromatic rings. The van der Waals surface area contributed by atoms with Crippen molar-refractivity contribution in [2.45, 2.75) is 5.75 Å². The van der Waals surface area contributed by atoms with Gasteiger partial charge in [0.05, 0.1) is 5.56 Å². The summed E-state index contributed by atoms with van der Waals surface area (Å²) in [5.41, 5.74) is 6.89. The molecule has 0 spiro atoms. The summed E-state index contributed by atoms with van der Waals surface area (Å²) >= 11 is 4.18. The lowest BCUT2D eigenvalue weighted by atomic mass is 10.2. The molecule has 2 rings (SSSR count). The number of rotatable bonds is 6. The molecule has 0 unspecified atom stereocenters. The highest BCUT2D eigenvalue weighted by molar-refractivity contribution is 7.79. The van der Waals surface area contributed by atoms with Gasteiger partial charge < -0.3 is 15.2 Å². The van der Waals surface area contributed by atoms with Gasteiger partial charge in [-0.1, -0.05) is 12.1 Å². The topological polar surface area (TPSA) is 61.5 Å². The summed E-state index contributed by atoms with van der Waals surface area (Å²) in [6.45, 7) is 0.896. The van der Waals surface area contributed by atoms with Crippen LogP contribution in [0.5, 0.6) is 11.5 Å². The average Bonchev–Trinajstić information content (AvgIpc) is 2.54. The van der Waals surface area contributed by atoms with Crippen LogP contribution in [0.3, 0.4) is 0 Å². The highest BCUT2D eigenvalue weighted by Crippen LogP contribution is 2.17. The summed E-state index contributed by atoms with van der Waals surface area (Å²) in [5, 5.41) is 0. The van der Waals surface area contributed by atoms with Crippen LogP contribution < -0.4 is 15.2 Å². The summed E-state index contributed by atoms with van der Waals surface area (Å²) in [6, 6.07) is 14.0. The van der Waals surface area contributed by atoms with E-state index in [0.29, 0.717) is 36.0 Å². The number of nitrogens with two attached hydrogens (primary N) is 1. The van der Waals surface area contributed by atoms with Gasteiger partial charge in [0, 0.05) is 12.3 Å². The number of benzene rings is 2. The number of carbonyl (C=O) groups is 1. The van der Waals surface area contributed by atoms with Crippen LogP contribution in [0.4, 0.5) is 0 Å². The first-order valence-electron chi connectivity index (χ1n) is 6.58. The number of esters is 1. The third-order valence-electron chi connectivity index (χ3n) is 2.79. The van der Waals surface area contributed by atoms with Crippen LogP contribution in [-0.4, -0.2) is 19.1 Å². The predicted molar refractivity (Wildman–Crippen MR) is 85.1 cm³/mol. The van der Waals surface area contributed by atoms with Crippen molar-refractivity contribution in [3.8, 4) is 11.5 Å². The maximum atomic E-state index is 12.0. The quantitative estimate of drug-likeness (QED) is 0.489. The van der Waals surface area contributed by atoms with Gasteiger partial charge in [-0.05, 0) is 42.0 Å². The van der Waals surface area contributed by atoms with Crippen LogP contribution in [-0.2, 0) is 5.75 Å². The molecule has 0 bridgehead atoms. The largest absolute Gasteiger partial charge is 0.492 e. The van der Waals surface area contributed by atoms with Crippen molar-refractivity contribution in [3.05, 3.63) is 59.7 Å². The normalized spacial score (nSPS) is 10.2. The zero-order valence-corrected chi connectivity index (χ0v) is 12.4. The SMILES string of the molecule is NCCOc1ccc(C(=O)Oc2ccc(CS)cc2)cc1. The molecule has 2 aromatic carbocycles. The van der Waals surface area contributed by atoms with Gasteiger partial charge in [-0.3, -0.25) is 0 Å². The number of hydrogen-bond acceptors (Lipinski definition) is 5. The molecule has 0 radical (unpaired) electrons. The molecule has 0 amide bonds. The Balaban J connectivity index is 1.98. The van der Waals surface area contributed by atoms with Gasteiger partial charge >= 0.3 is 5.97 Å².